The normalized spacial score (nSPS) is 22.6. The number of para-hydroxylation sites is 1. The Bertz CT molecular complexity index is 690. The third kappa shape index (κ3) is 3.30. The number of aryl methyl sites for hydroxylation is 1. The fourth-order valence-corrected chi connectivity index (χ4v) is 3.96. The van der Waals surface area contributed by atoms with E-state index in [0.717, 1.165) is 48.3 Å². The molecule has 0 atom stereocenters. The predicted octanol–water partition coefficient (Wildman–Crippen LogP) is 2.77. The van der Waals surface area contributed by atoms with Gasteiger partial charge in [0.05, 0.1) is 22.8 Å². The largest absolute Gasteiger partial charge is 0.393 e. The topological polar surface area (TPSA) is 66.0 Å². The lowest BCUT2D eigenvalue weighted by Gasteiger charge is -2.24. The Kier molecular flexibility index (Phi) is 4.31. The van der Waals surface area contributed by atoms with Gasteiger partial charge in [-0.3, -0.25) is 4.79 Å². The molecule has 0 unspecified atom stereocenters. The van der Waals surface area contributed by atoms with Gasteiger partial charge < -0.3 is 10.1 Å². The SMILES string of the molecule is Cc1cccc2c(=O)[nH]c(CS[C@H]3CC[C@H](O)CC3)nc12. The van der Waals surface area contributed by atoms with Crippen LogP contribution in [0.4, 0.5) is 0 Å². The van der Waals surface area contributed by atoms with Crippen molar-refractivity contribution in [1.29, 1.82) is 0 Å². The van der Waals surface area contributed by atoms with Gasteiger partial charge in [-0.2, -0.15) is 11.8 Å². The number of nitrogens with one attached hydrogen (secondary N) is 1. The number of H-pyrrole nitrogens is 1. The van der Waals surface area contributed by atoms with E-state index in [2.05, 4.69) is 9.97 Å². The Hall–Kier alpha value is -1.33. The molecule has 1 aromatic heterocycles. The van der Waals surface area contributed by atoms with E-state index in [4.69, 9.17) is 0 Å². The Morgan fingerprint density at radius 3 is 2.86 bits per heavy atom. The van der Waals surface area contributed by atoms with Crippen LogP contribution < -0.4 is 5.56 Å². The molecule has 0 saturated heterocycles. The molecule has 1 aliphatic carbocycles. The Labute approximate surface area is 128 Å². The zero-order valence-electron chi connectivity index (χ0n) is 12.1. The first kappa shape index (κ1) is 14.6. The second-order valence-electron chi connectivity index (χ2n) is 5.73. The highest BCUT2D eigenvalue weighted by molar-refractivity contribution is 7.99. The number of aliphatic hydroxyl groups excluding tert-OH is 1. The lowest BCUT2D eigenvalue weighted by Crippen LogP contribution is -2.20. The second kappa shape index (κ2) is 6.20. The number of fused-ring (bicyclic) bond motifs is 1. The van der Waals surface area contributed by atoms with Gasteiger partial charge in [0, 0.05) is 5.25 Å². The van der Waals surface area contributed by atoms with Crippen LogP contribution in [0.15, 0.2) is 23.0 Å². The molecular weight excluding hydrogens is 284 g/mol. The summed E-state index contributed by atoms with van der Waals surface area (Å²) in [5, 5.41) is 10.7. The molecule has 112 valence electrons. The zero-order chi connectivity index (χ0) is 14.8. The molecule has 5 heteroatoms. The molecule has 4 nitrogen and oxygen atoms in total. The summed E-state index contributed by atoms with van der Waals surface area (Å²) in [6.07, 6.45) is 3.74. The van der Waals surface area contributed by atoms with E-state index in [9.17, 15) is 9.90 Å². The van der Waals surface area contributed by atoms with Gasteiger partial charge in [0.25, 0.3) is 5.56 Å². The number of hydrogen-bond donors (Lipinski definition) is 2. The van der Waals surface area contributed by atoms with E-state index >= 15 is 0 Å². The number of nitrogens with zero attached hydrogens (tertiary/aromatic N) is 1. The molecule has 1 aliphatic rings. The molecule has 21 heavy (non-hydrogen) atoms. The number of hydrogen-bond acceptors (Lipinski definition) is 4. The minimum atomic E-state index is -0.122. The van der Waals surface area contributed by atoms with Gasteiger partial charge in [-0.1, -0.05) is 12.1 Å². The molecule has 3 rings (SSSR count). The molecule has 2 aromatic rings. The third-order valence-electron chi connectivity index (χ3n) is 4.09. The Morgan fingerprint density at radius 2 is 2.10 bits per heavy atom. The van der Waals surface area contributed by atoms with Gasteiger partial charge in [0.15, 0.2) is 0 Å². The molecule has 2 N–H and O–H groups in total. The summed E-state index contributed by atoms with van der Waals surface area (Å²) in [5.41, 5.74) is 1.78. The summed E-state index contributed by atoms with van der Waals surface area (Å²) < 4.78 is 0. The van der Waals surface area contributed by atoms with Crippen LogP contribution in [-0.4, -0.2) is 26.4 Å². The standard InChI is InChI=1S/C16H20N2O2S/c1-10-3-2-4-13-15(10)17-14(18-16(13)20)9-21-12-7-5-11(19)6-8-12/h2-4,11-12,19H,5-9H2,1H3,(H,17,18,20)/t11-,12-. The van der Waals surface area contributed by atoms with Crippen molar-refractivity contribution < 1.29 is 5.11 Å². The first-order valence-corrected chi connectivity index (χ1v) is 8.46. The number of aliphatic hydroxyl groups is 1. The van der Waals surface area contributed by atoms with E-state index in [1.165, 1.54) is 0 Å². The van der Waals surface area contributed by atoms with E-state index in [1.54, 1.807) is 0 Å². The molecule has 0 spiro atoms. The maximum absolute atomic E-state index is 12.1. The Balaban J connectivity index is 1.75. The van der Waals surface area contributed by atoms with Crippen molar-refractivity contribution in [3.8, 4) is 0 Å². The highest BCUT2D eigenvalue weighted by Crippen LogP contribution is 2.30. The van der Waals surface area contributed by atoms with Gasteiger partial charge >= 0.3 is 0 Å². The highest BCUT2D eigenvalue weighted by Gasteiger charge is 2.20. The van der Waals surface area contributed by atoms with Gasteiger partial charge in [-0.05, 0) is 44.2 Å². The van der Waals surface area contributed by atoms with E-state index in [-0.39, 0.29) is 11.7 Å². The average molecular weight is 304 g/mol. The van der Waals surface area contributed by atoms with Crippen LogP contribution in [-0.2, 0) is 5.75 Å². The summed E-state index contributed by atoms with van der Waals surface area (Å²) >= 11 is 1.83. The fourth-order valence-electron chi connectivity index (χ4n) is 2.83. The van der Waals surface area contributed by atoms with Crippen molar-refractivity contribution in [1.82, 2.24) is 9.97 Å². The molecule has 0 amide bonds. The molecule has 0 bridgehead atoms. The van der Waals surface area contributed by atoms with Crippen LogP contribution in [0.1, 0.15) is 37.1 Å². The van der Waals surface area contributed by atoms with Crippen molar-refractivity contribution in [3.63, 3.8) is 0 Å². The van der Waals surface area contributed by atoms with Gasteiger partial charge in [0.2, 0.25) is 0 Å². The molecule has 1 saturated carbocycles. The fraction of sp³-hybridized carbons (Fsp3) is 0.500. The van der Waals surface area contributed by atoms with Gasteiger partial charge in [-0.25, -0.2) is 4.98 Å². The summed E-state index contributed by atoms with van der Waals surface area (Å²) in [6, 6.07) is 5.68. The number of thioether (sulfide) groups is 1. The summed E-state index contributed by atoms with van der Waals surface area (Å²) in [5.74, 6) is 1.47. The maximum Gasteiger partial charge on any atom is 0.258 e. The minimum Gasteiger partial charge on any atom is -0.393 e. The lowest BCUT2D eigenvalue weighted by molar-refractivity contribution is 0.132. The van der Waals surface area contributed by atoms with Crippen molar-refractivity contribution in [3.05, 3.63) is 39.9 Å². The minimum absolute atomic E-state index is 0.0571. The summed E-state index contributed by atoms with van der Waals surface area (Å²) in [6.45, 7) is 1.98. The zero-order valence-corrected chi connectivity index (χ0v) is 12.9. The molecule has 0 radical (unpaired) electrons. The highest BCUT2D eigenvalue weighted by atomic mass is 32.2. The predicted molar refractivity (Wildman–Crippen MR) is 86.7 cm³/mol. The average Bonchev–Trinajstić information content (AvgIpc) is 2.48. The van der Waals surface area contributed by atoms with Crippen molar-refractivity contribution in [2.75, 3.05) is 0 Å². The first-order chi connectivity index (χ1) is 10.1. The summed E-state index contributed by atoms with van der Waals surface area (Å²) in [4.78, 5) is 19.6. The Morgan fingerprint density at radius 1 is 1.33 bits per heavy atom. The lowest BCUT2D eigenvalue weighted by atomic mass is 9.97. The smallest absolute Gasteiger partial charge is 0.258 e. The van der Waals surface area contributed by atoms with E-state index in [0.29, 0.717) is 10.6 Å². The number of rotatable bonds is 3. The van der Waals surface area contributed by atoms with E-state index in [1.807, 2.05) is 36.9 Å². The number of aromatic amines is 1. The van der Waals surface area contributed by atoms with Crippen LogP contribution in [0.3, 0.4) is 0 Å². The van der Waals surface area contributed by atoms with Crippen LogP contribution in [0.25, 0.3) is 10.9 Å². The van der Waals surface area contributed by atoms with Crippen LogP contribution >= 0.6 is 11.8 Å². The quantitative estimate of drug-likeness (QED) is 0.915. The van der Waals surface area contributed by atoms with Crippen LogP contribution in [0.2, 0.25) is 0 Å². The molecule has 1 heterocycles. The van der Waals surface area contributed by atoms with Crippen LogP contribution in [0, 0.1) is 6.92 Å². The van der Waals surface area contributed by atoms with Gasteiger partial charge in [0.1, 0.15) is 5.82 Å². The molecular formula is C16H20N2O2S. The molecule has 1 aromatic carbocycles. The number of aromatic nitrogens is 2. The van der Waals surface area contributed by atoms with Gasteiger partial charge in [-0.15, -0.1) is 0 Å². The third-order valence-corrected chi connectivity index (χ3v) is 5.47. The maximum atomic E-state index is 12.1. The van der Waals surface area contributed by atoms with Crippen molar-refractivity contribution >= 4 is 22.7 Å². The monoisotopic (exact) mass is 304 g/mol. The van der Waals surface area contributed by atoms with E-state index < -0.39 is 0 Å². The molecule has 0 aliphatic heterocycles. The van der Waals surface area contributed by atoms with Crippen molar-refractivity contribution in [2.24, 2.45) is 0 Å². The molecule has 1 fully saturated rings. The summed E-state index contributed by atoms with van der Waals surface area (Å²) in [7, 11) is 0. The number of benzene rings is 1. The first-order valence-electron chi connectivity index (χ1n) is 7.41. The second-order valence-corrected chi connectivity index (χ2v) is 7.01. The van der Waals surface area contributed by atoms with Crippen LogP contribution in [0.5, 0.6) is 0 Å². The van der Waals surface area contributed by atoms with Crippen molar-refractivity contribution in [2.45, 2.75) is 49.7 Å².